The van der Waals surface area contributed by atoms with Crippen LogP contribution in [0.3, 0.4) is 0 Å². The van der Waals surface area contributed by atoms with Crippen LogP contribution in [0.2, 0.25) is 0 Å². The van der Waals surface area contributed by atoms with Crippen LogP contribution in [0.15, 0.2) is 12.4 Å². The summed E-state index contributed by atoms with van der Waals surface area (Å²) in [6, 6.07) is 0.575. The Bertz CT molecular complexity index is 715. The van der Waals surface area contributed by atoms with Gasteiger partial charge in [-0.25, -0.2) is 4.98 Å². The van der Waals surface area contributed by atoms with Crippen molar-refractivity contribution in [3.05, 3.63) is 29.9 Å². The van der Waals surface area contributed by atoms with Gasteiger partial charge >= 0.3 is 0 Å². The molecule has 2 aromatic rings. The summed E-state index contributed by atoms with van der Waals surface area (Å²) >= 11 is 0. The molecular weight excluding hydrogens is 314 g/mol. The van der Waals surface area contributed by atoms with Gasteiger partial charge in [0.1, 0.15) is 17.5 Å². The first-order valence-corrected chi connectivity index (χ1v) is 9.46. The van der Waals surface area contributed by atoms with Gasteiger partial charge in [0.05, 0.1) is 13.1 Å². The monoisotopic (exact) mass is 343 g/mol. The fourth-order valence-electron chi connectivity index (χ4n) is 3.86. The van der Waals surface area contributed by atoms with Crippen molar-refractivity contribution in [1.29, 1.82) is 0 Å². The van der Waals surface area contributed by atoms with E-state index >= 15 is 0 Å². The van der Waals surface area contributed by atoms with Crippen molar-refractivity contribution in [3.63, 3.8) is 0 Å². The smallest absolute Gasteiger partial charge is 0.146 e. The number of hydrogen-bond acceptors (Lipinski definition) is 5. The molecule has 2 aliphatic rings. The summed E-state index contributed by atoms with van der Waals surface area (Å²) in [6.07, 6.45) is 7.72. The number of aromatic nitrogens is 5. The Labute approximate surface area is 149 Å². The molecule has 1 atom stereocenters. The van der Waals surface area contributed by atoms with Crippen LogP contribution in [-0.2, 0) is 26.7 Å². The fraction of sp³-hybridized carbons (Fsp3) is 0.722. The van der Waals surface area contributed by atoms with Crippen molar-refractivity contribution in [2.45, 2.75) is 57.8 Å². The van der Waals surface area contributed by atoms with Crippen molar-refractivity contribution < 1.29 is 0 Å². The van der Waals surface area contributed by atoms with Crippen molar-refractivity contribution in [2.75, 3.05) is 20.1 Å². The molecule has 136 valence electrons. The average Bonchev–Trinajstić information content (AvgIpc) is 3.02. The first kappa shape index (κ1) is 16.7. The number of aryl methyl sites for hydroxylation is 1. The van der Waals surface area contributed by atoms with Gasteiger partial charge in [-0.15, -0.1) is 10.2 Å². The van der Waals surface area contributed by atoms with Crippen molar-refractivity contribution in [1.82, 2.24) is 34.1 Å². The molecule has 2 fully saturated rings. The third-order valence-corrected chi connectivity index (χ3v) is 5.71. The molecule has 0 aromatic carbocycles. The maximum Gasteiger partial charge on any atom is 0.146 e. The topological polar surface area (TPSA) is 55.0 Å². The summed E-state index contributed by atoms with van der Waals surface area (Å²) in [7, 11) is 4.33. The van der Waals surface area contributed by atoms with Crippen LogP contribution in [-0.4, -0.2) is 60.3 Å². The Balaban J connectivity index is 1.33. The minimum Gasteiger partial charge on any atom is -0.334 e. The Morgan fingerprint density at radius 3 is 2.80 bits per heavy atom. The normalized spacial score (nSPS) is 21.5. The van der Waals surface area contributed by atoms with Gasteiger partial charge in [-0.1, -0.05) is 0 Å². The number of hydrogen-bond donors (Lipinski definition) is 0. The Hall–Kier alpha value is -1.73. The molecular formula is C18H29N7. The van der Waals surface area contributed by atoms with Crippen molar-refractivity contribution in [2.24, 2.45) is 7.05 Å². The van der Waals surface area contributed by atoms with Gasteiger partial charge in [-0.2, -0.15) is 0 Å². The van der Waals surface area contributed by atoms with E-state index in [1.165, 1.54) is 30.9 Å². The average molecular weight is 343 g/mol. The molecule has 1 saturated heterocycles. The van der Waals surface area contributed by atoms with Gasteiger partial charge in [0.2, 0.25) is 0 Å². The fourth-order valence-corrected chi connectivity index (χ4v) is 3.86. The van der Waals surface area contributed by atoms with Crippen LogP contribution < -0.4 is 0 Å². The molecule has 1 aliphatic heterocycles. The van der Waals surface area contributed by atoms with Crippen LogP contribution in [0.25, 0.3) is 0 Å². The number of likely N-dealkylation sites (N-methyl/N-ethyl adjacent to an activating group) is 1. The largest absolute Gasteiger partial charge is 0.334 e. The predicted octanol–water partition coefficient (Wildman–Crippen LogP) is 1.62. The molecule has 0 amide bonds. The molecule has 7 nitrogen and oxygen atoms in total. The number of likely N-dealkylation sites (tertiary alicyclic amines) is 1. The quantitative estimate of drug-likeness (QED) is 0.765. The molecule has 2 aromatic heterocycles. The summed E-state index contributed by atoms with van der Waals surface area (Å²) < 4.78 is 4.44. The van der Waals surface area contributed by atoms with Crippen LogP contribution in [0.4, 0.5) is 0 Å². The van der Waals surface area contributed by atoms with Gasteiger partial charge in [-0.05, 0) is 33.2 Å². The summed E-state index contributed by atoms with van der Waals surface area (Å²) in [5.74, 6) is 4.08. The van der Waals surface area contributed by atoms with Crippen LogP contribution >= 0.6 is 0 Å². The summed E-state index contributed by atoms with van der Waals surface area (Å²) in [5.41, 5.74) is 0. The van der Waals surface area contributed by atoms with E-state index in [0.29, 0.717) is 12.0 Å². The zero-order valence-electron chi connectivity index (χ0n) is 15.6. The number of nitrogens with zero attached hydrogens (tertiary/aromatic N) is 7. The minimum absolute atomic E-state index is 0.575. The van der Waals surface area contributed by atoms with E-state index in [2.05, 4.69) is 61.3 Å². The van der Waals surface area contributed by atoms with E-state index in [1.54, 1.807) is 0 Å². The molecule has 0 radical (unpaired) electrons. The van der Waals surface area contributed by atoms with E-state index in [-0.39, 0.29) is 0 Å². The summed E-state index contributed by atoms with van der Waals surface area (Å²) in [4.78, 5) is 9.46. The van der Waals surface area contributed by atoms with E-state index < -0.39 is 0 Å². The lowest BCUT2D eigenvalue weighted by Gasteiger charge is -2.24. The minimum atomic E-state index is 0.575. The van der Waals surface area contributed by atoms with Gasteiger partial charge in [0, 0.05) is 51.0 Å². The Kier molecular flexibility index (Phi) is 4.60. The molecule has 3 heterocycles. The number of imidazole rings is 1. The zero-order valence-corrected chi connectivity index (χ0v) is 15.6. The lowest BCUT2D eigenvalue weighted by Crippen LogP contribution is -2.35. The second-order valence-electron chi connectivity index (χ2n) is 7.53. The lowest BCUT2D eigenvalue weighted by molar-refractivity contribution is 0.214. The lowest BCUT2D eigenvalue weighted by atomic mass is 10.2. The zero-order chi connectivity index (χ0) is 17.4. The molecule has 0 bridgehead atoms. The van der Waals surface area contributed by atoms with Gasteiger partial charge in [0.15, 0.2) is 0 Å². The molecule has 4 rings (SSSR count). The second-order valence-corrected chi connectivity index (χ2v) is 7.53. The highest BCUT2D eigenvalue weighted by molar-refractivity contribution is 5.08. The first-order chi connectivity index (χ1) is 12.2. The second kappa shape index (κ2) is 6.88. The van der Waals surface area contributed by atoms with Crippen LogP contribution in [0.1, 0.15) is 49.6 Å². The Morgan fingerprint density at radius 1 is 1.20 bits per heavy atom. The third-order valence-electron chi connectivity index (χ3n) is 5.71. The van der Waals surface area contributed by atoms with E-state index in [0.717, 1.165) is 38.5 Å². The maximum absolute atomic E-state index is 4.51. The highest BCUT2D eigenvalue weighted by Crippen LogP contribution is 2.38. The molecule has 0 unspecified atom stereocenters. The third kappa shape index (κ3) is 3.48. The molecule has 1 aliphatic carbocycles. The van der Waals surface area contributed by atoms with E-state index in [9.17, 15) is 0 Å². The number of rotatable bonds is 7. The van der Waals surface area contributed by atoms with Gasteiger partial charge in [-0.3, -0.25) is 9.80 Å². The molecule has 25 heavy (non-hydrogen) atoms. The van der Waals surface area contributed by atoms with Crippen molar-refractivity contribution in [3.8, 4) is 0 Å². The molecule has 0 N–H and O–H groups in total. The Morgan fingerprint density at radius 2 is 2.04 bits per heavy atom. The van der Waals surface area contributed by atoms with Gasteiger partial charge < -0.3 is 9.13 Å². The first-order valence-electron chi connectivity index (χ1n) is 9.46. The molecule has 1 saturated carbocycles. The maximum atomic E-state index is 4.51. The van der Waals surface area contributed by atoms with E-state index in [1.807, 2.05) is 6.20 Å². The van der Waals surface area contributed by atoms with E-state index in [4.69, 9.17) is 0 Å². The van der Waals surface area contributed by atoms with Crippen LogP contribution in [0.5, 0.6) is 0 Å². The highest BCUT2D eigenvalue weighted by atomic mass is 15.3. The van der Waals surface area contributed by atoms with Crippen LogP contribution in [0, 0.1) is 0 Å². The SMILES string of the molecule is CCn1ccnc1CN1CC[C@@H](N(C)Cc2nnc(C3CC3)n2C)C1. The molecule has 0 spiro atoms. The van der Waals surface area contributed by atoms with Gasteiger partial charge in [0.25, 0.3) is 0 Å². The summed E-state index contributed by atoms with van der Waals surface area (Å²) in [5, 5.41) is 8.84. The highest BCUT2D eigenvalue weighted by Gasteiger charge is 2.31. The predicted molar refractivity (Wildman–Crippen MR) is 96.0 cm³/mol. The standard InChI is InChI=1S/C18H29N7/c1-4-25-10-8-19-16(25)13-24-9-7-15(11-24)22(2)12-17-20-21-18(23(17)3)14-5-6-14/h8,10,14-15H,4-7,9,11-13H2,1-3H3/t15-/m1/s1. The summed E-state index contributed by atoms with van der Waals surface area (Å²) in [6.45, 7) is 7.21. The molecule has 7 heteroatoms. The van der Waals surface area contributed by atoms with Crippen molar-refractivity contribution >= 4 is 0 Å².